The quantitative estimate of drug-likeness (QED) is 0.806. The van der Waals surface area contributed by atoms with E-state index in [0.29, 0.717) is 27.8 Å². The second-order valence-corrected chi connectivity index (χ2v) is 4.16. The first kappa shape index (κ1) is 12.1. The fraction of sp³-hybridized carbons (Fsp3) is 0.182. The minimum absolute atomic E-state index is 0.248. The molecule has 0 saturated heterocycles. The van der Waals surface area contributed by atoms with Gasteiger partial charge in [0.25, 0.3) is 0 Å². The Morgan fingerprint density at radius 1 is 1.35 bits per heavy atom. The number of pyridine rings is 1. The predicted octanol–water partition coefficient (Wildman–Crippen LogP) is 2.84. The van der Waals surface area contributed by atoms with Gasteiger partial charge in [-0.25, -0.2) is 0 Å². The molecule has 0 aromatic carbocycles. The van der Waals surface area contributed by atoms with E-state index in [1.807, 2.05) is 6.92 Å². The van der Waals surface area contributed by atoms with Crippen LogP contribution >= 0.6 is 23.2 Å². The van der Waals surface area contributed by atoms with Crippen molar-refractivity contribution in [3.63, 3.8) is 0 Å². The lowest BCUT2D eigenvalue weighted by atomic mass is 10.1. The highest BCUT2D eigenvalue weighted by atomic mass is 35.5. The van der Waals surface area contributed by atoms with Crippen molar-refractivity contribution >= 4 is 29.0 Å². The summed E-state index contributed by atoms with van der Waals surface area (Å²) in [4.78, 5) is 16.1. The molecular formula is C11H9Cl2N3O. The first-order valence-electron chi connectivity index (χ1n) is 5.00. The highest BCUT2D eigenvalue weighted by molar-refractivity contribution is 6.37. The van der Waals surface area contributed by atoms with Crippen molar-refractivity contribution in [1.29, 1.82) is 0 Å². The zero-order chi connectivity index (χ0) is 12.4. The smallest absolute Gasteiger partial charge is 0.214 e. The SMILES string of the molecule is CCn1ncc(Cl)c1C(=O)c1ccncc1Cl. The molecule has 0 unspecified atom stereocenters. The standard InChI is InChI=1S/C11H9Cl2N3O/c1-2-16-10(9(13)6-15-16)11(17)7-3-4-14-5-8(7)12/h3-6H,2H2,1H3. The molecule has 0 aliphatic rings. The maximum Gasteiger partial charge on any atom is 0.214 e. The fourth-order valence-electron chi connectivity index (χ4n) is 1.51. The first-order chi connectivity index (χ1) is 8.15. The van der Waals surface area contributed by atoms with Gasteiger partial charge in [-0.2, -0.15) is 5.10 Å². The molecule has 0 spiro atoms. The molecule has 0 N–H and O–H groups in total. The Balaban J connectivity index is 2.51. The number of nitrogens with zero attached hydrogens (tertiary/aromatic N) is 3. The van der Waals surface area contributed by atoms with E-state index >= 15 is 0 Å². The Kier molecular flexibility index (Phi) is 3.45. The summed E-state index contributed by atoms with van der Waals surface area (Å²) < 4.78 is 1.54. The number of aromatic nitrogens is 3. The van der Waals surface area contributed by atoms with Crippen LogP contribution in [0.15, 0.2) is 24.7 Å². The average molecular weight is 270 g/mol. The van der Waals surface area contributed by atoms with Gasteiger partial charge in [-0.05, 0) is 13.0 Å². The van der Waals surface area contributed by atoms with Gasteiger partial charge in [0, 0.05) is 24.5 Å². The van der Waals surface area contributed by atoms with E-state index in [1.54, 1.807) is 10.7 Å². The topological polar surface area (TPSA) is 47.8 Å². The van der Waals surface area contributed by atoms with Crippen molar-refractivity contribution in [2.75, 3.05) is 0 Å². The highest BCUT2D eigenvalue weighted by Gasteiger charge is 2.20. The van der Waals surface area contributed by atoms with Gasteiger partial charge in [-0.1, -0.05) is 23.2 Å². The Hall–Kier alpha value is -1.39. The molecule has 0 bridgehead atoms. The molecule has 0 aliphatic carbocycles. The normalized spacial score (nSPS) is 10.5. The van der Waals surface area contributed by atoms with Crippen molar-refractivity contribution < 1.29 is 4.79 Å². The molecule has 2 heterocycles. The van der Waals surface area contributed by atoms with Crippen molar-refractivity contribution in [1.82, 2.24) is 14.8 Å². The second-order valence-electron chi connectivity index (χ2n) is 3.34. The Morgan fingerprint density at radius 2 is 2.12 bits per heavy atom. The predicted molar refractivity (Wildman–Crippen MR) is 65.6 cm³/mol. The van der Waals surface area contributed by atoms with Crippen LogP contribution in [0, 0.1) is 0 Å². The number of hydrogen-bond donors (Lipinski definition) is 0. The molecule has 6 heteroatoms. The third-order valence-corrected chi connectivity index (χ3v) is 2.90. The number of rotatable bonds is 3. The number of aryl methyl sites for hydroxylation is 1. The highest BCUT2D eigenvalue weighted by Crippen LogP contribution is 2.22. The van der Waals surface area contributed by atoms with Crippen molar-refractivity contribution in [3.8, 4) is 0 Å². The Morgan fingerprint density at radius 3 is 2.76 bits per heavy atom. The zero-order valence-electron chi connectivity index (χ0n) is 9.02. The van der Waals surface area contributed by atoms with Crippen LogP contribution in [0.25, 0.3) is 0 Å². The van der Waals surface area contributed by atoms with Gasteiger partial charge in [-0.3, -0.25) is 14.5 Å². The minimum Gasteiger partial charge on any atom is -0.287 e. The average Bonchev–Trinajstić information content (AvgIpc) is 2.70. The number of carbonyl (C=O) groups excluding carboxylic acids is 1. The van der Waals surface area contributed by atoms with Crippen LogP contribution in [0.1, 0.15) is 23.0 Å². The molecule has 0 amide bonds. The van der Waals surface area contributed by atoms with Crippen LogP contribution < -0.4 is 0 Å². The molecular weight excluding hydrogens is 261 g/mol. The van der Waals surface area contributed by atoms with Crippen LogP contribution in [0.3, 0.4) is 0 Å². The molecule has 0 fully saturated rings. The number of hydrogen-bond acceptors (Lipinski definition) is 3. The fourth-order valence-corrected chi connectivity index (χ4v) is 1.95. The number of carbonyl (C=O) groups is 1. The van der Waals surface area contributed by atoms with Gasteiger partial charge in [-0.15, -0.1) is 0 Å². The van der Waals surface area contributed by atoms with Gasteiger partial charge < -0.3 is 0 Å². The molecule has 17 heavy (non-hydrogen) atoms. The lowest BCUT2D eigenvalue weighted by molar-refractivity contribution is 0.102. The van der Waals surface area contributed by atoms with Crippen LogP contribution in [0.2, 0.25) is 10.0 Å². The van der Waals surface area contributed by atoms with E-state index in [-0.39, 0.29) is 5.78 Å². The monoisotopic (exact) mass is 269 g/mol. The summed E-state index contributed by atoms with van der Waals surface area (Å²) in [5.74, 6) is -0.248. The number of ketones is 1. The van der Waals surface area contributed by atoms with E-state index in [4.69, 9.17) is 23.2 Å². The van der Waals surface area contributed by atoms with Gasteiger partial charge >= 0.3 is 0 Å². The van der Waals surface area contributed by atoms with Crippen LogP contribution in [-0.2, 0) is 6.54 Å². The third-order valence-electron chi connectivity index (χ3n) is 2.33. The molecule has 88 valence electrons. The van der Waals surface area contributed by atoms with E-state index in [9.17, 15) is 4.79 Å². The van der Waals surface area contributed by atoms with Crippen molar-refractivity contribution in [2.24, 2.45) is 0 Å². The molecule has 2 aromatic rings. The largest absolute Gasteiger partial charge is 0.287 e. The van der Waals surface area contributed by atoms with E-state index in [2.05, 4.69) is 10.1 Å². The summed E-state index contributed by atoms with van der Waals surface area (Å²) in [5.41, 5.74) is 0.723. The minimum atomic E-state index is -0.248. The van der Waals surface area contributed by atoms with E-state index in [0.717, 1.165) is 0 Å². The molecule has 0 atom stereocenters. The van der Waals surface area contributed by atoms with Crippen molar-refractivity contribution in [2.45, 2.75) is 13.5 Å². The van der Waals surface area contributed by atoms with Crippen molar-refractivity contribution in [3.05, 3.63) is 46.0 Å². The number of halogens is 2. The maximum atomic E-state index is 12.3. The van der Waals surface area contributed by atoms with Crippen LogP contribution in [-0.4, -0.2) is 20.5 Å². The van der Waals surface area contributed by atoms with E-state index in [1.165, 1.54) is 18.6 Å². The summed E-state index contributed by atoms with van der Waals surface area (Å²) >= 11 is 11.9. The van der Waals surface area contributed by atoms with E-state index < -0.39 is 0 Å². The van der Waals surface area contributed by atoms with Gasteiger partial charge in [0.1, 0.15) is 5.69 Å². The van der Waals surface area contributed by atoms with Crippen LogP contribution in [0.4, 0.5) is 0 Å². The summed E-state index contributed by atoms with van der Waals surface area (Å²) in [7, 11) is 0. The van der Waals surface area contributed by atoms with Gasteiger partial charge in [0.05, 0.1) is 16.2 Å². The molecule has 2 rings (SSSR count). The second kappa shape index (κ2) is 4.85. The Labute approximate surface area is 108 Å². The molecule has 4 nitrogen and oxygen atoms in total. The molecule has 0 saturated carbocycles. The summed E-state index contributed by atoms with van der Waals surface area (Å²) in [6.45, 7) is 2.45. The lowest BCUT2D eigenvalue weighted by Crippen LogP contribution is -2.11. The molecule has 0 aliphatic heterocycles. The summed E-state index contributed by atoms with van der Waals surface area (Å²) in [5, 5.41) is 4.64. The summed E-state index contributed by atoms with van der Waals surface area (Å²) in [6, 6.07) is 1.56. The van der Waals surface area contributed by atoms with Crippen LogP contribution in [0.5, 0.6) is 0 Å². The van der Waals surface area contributed by atoms with Gasteiger partial charge in [0.2, 0.25) is 5.78 Å². The Bertz CT molecular complexity index is 566. The van der Waals surface area contributed by atoms with Gasteiger partial charge in [0.15, 0.2) is 0 Å². The maximum absolute atomic E-state index is 12.3. The lowest BCUT2D eigenvalue weighted by Gasteiger charge is -2.05. The molecule has 0 radical (unpaired) electrons. The summed E-state index contributed by atoms with van der Waals surface area (Å²) in [6.07, 6.45) is 4.39. The molecule has 2 aromatic heterocycles. The first-order valence-corrected chi connectivity index (χ1v) is 5.76. The zero-order valence-corrected chi connectivity index (χ0v) is 10.5. The third kappa shape index (κ3) is 2.18.